The number of nitrogens with one attached hydrogen (secondary N) is 1. The van der Waals surface area contributed by atoms with Crippen molar-refractivity contribution in [3.63, 3.8) is 0 Å². The number of hydrogen-bond acceptors (Lipinski definition) is 4. The lowest BCUT2D eigenvalue weighted by molar-refractivity contribution is 0.0663. The summed E-state index contributed by atoms with van der Waals surface area (Å²) in [5, 5.41) is 12.1. The van der Waals surface area contributed by atoms with Crippen molar-refractivity contribution < 1.29 is 14.3 Å². The Morgan fingerprint density at radius 2 is 2.28 bits per heavy atom. The molecule has 1 aromatic rings. The molecule has 3 rings (SSSR count). The molecule has 18 heavy (non-hydrogen) atoms. The Morgan fingerprint density at radius 1 is 1.39 bits per heavy atom. The van der Waals surface area contributed by atoms with E-state index in [-0.39, 0.29) is 5.76 Å². The third-order valence-corrected chi connectivity index (χ3v) is 3.98. The largest absolute Gasteiger partial charge is 0.475 e. The molecule has 2 aliphatic heterocycles. The molecular weight excluding hydrogens is 232 g/mol. The van der Waals surface area contributed by atoms with Gasteiger partial charge in [-0.3, -0.25) is 0 Å². The number of aromatic carboxylic acids is 1. The molecule has 0 amide bonds. The number of nitrogens with zero attached hydrogens (tertiary/aromatic N) is 1. The second-order valence-corrected chi connectivity index (χ2v) is 5.17. The third kappa shape index (κ3) is 2.22. The number of carbonyl (C=O) groups is 1. The monoisotopic (exact) mass is 250 g/mol. The fraction of sp³-hybridized carbons (Fsp3) is 0.615. The summed E-state index contributed by atoms with van der Waals surface area (Å²) in [6.07, 6.45) is 4.82. The smallest absolute Gasteiger partial charge is 0.371 e. The molecule has 0 spiro atoms. The first-order valence-electron chi connectivity index (χ1n) is 6.56. The molecule has 2 fully saturated rings. The Kier molecular flexibility index (Phi) is 2.99. The summed E-state index contributed by atoms with van der Waals surface area (Å²) in [6, 6.07) is 4.29. The van der Waals surface area contributed by atoms with Crippen LogP contribution >= 0.6 is 0 Å². The van der Waals surface area contributed by atoms with Gasteiger partial charge in [0.05, 0.1) is 0 Å². The number of hydrogen-bond donors (Lipinski definition) is 2. The average molecular weight is 250 g/mol. The summed E-state index contributed by atoms with van der Waals surface area (Å²) in [5.74, 6) is -0.451. The molecule has 5 nitrogen and oxygen atoms in total. The first kappa shape index (κ1) is 11.6. The van der Waals surface area contributed by atoms with Crippen molar-refractivity contribution in [1.29, 1.82) is 0 Å². The molecule has 2 unspecified atom stereocenters. The molecule has 0 aromatic carbocycles. The van der Waals surface area contributed by atoms with Crippen molar-refractivity contribution in [2.75, 3.05) is 18.4 Å². The Hall–Kier alpha value is -1.49. The van der Waals surface area contributed by atoms with E-state index in [2.05, 4.69) is 10.2 Å². The average Bonchev–Trinajstić information content (AvgIpc) is 2.96. The highest BCUT2D eigenvalue weighted by Crippen LogP contribution is 2.28. The molecular formula is C13H18N2O3. The molecule has 2 atom stereocenters. The van der Waals surface area contributed by atoms with Crippen LogP contribution < -0.4 is 5.32 Å². The maximum Gasteiger partial charge on any atom is 0.371 e. The minimum absolute atomic E-state index is 0.00389. The van der Waals surface area contributed by atoms with Crippen LogP contribution in [0.4, 0.5) is 5.88 Å². The van der Waals surface area contributed by atoms with Gasteiger partial charge in [-0.15, -0.1) is 0 Å². The molecule has 5 heteroatoms. The summed E-state index contributed by atoms with van der Waals surface area (Å²) < 4.78 is 5.23. The quantitative estimate of drug-likeness (QED) is 0.859. The Morgan fingerprint density at radius 3 is 3.06 bits per heavy atom. The van der Waals surface area contributed by atoms with Gasteiger partial charge < -0.3 is 19.7 Å². The predicted octanol–water partition coefficient (Wildman–Crippen LogP) is 2.02. The Bertz CT molecular complexity index is 443. The topological polar surface area (TPSA) is 65.7 Å². The number of piperidine rings is 1. The third-order valence-electron chi connectivity index (χ3n) is 3.98. The maximum absolute atomic E-state index is 10.7. The standard InChI is InChI=1S/C13H18N2O3/c16-13(17)11-3-4-12(18-11)14-9-5-7-15-6-1-2-10(15)8-9/h3-4,9-10,14H,1-2,5-8H2,(H,16,17). The number of fused-ring (bicyclic) bond motifs is 1. The molecule has 0 aliphatic carbocycles. The van der Waals surface area contributed by atoms with Crippen molar-refractivity contribution in [3.8, 4) is 0 Å². The van der Waals surface area contributed by atoms with E-state index >= 15 is 0 Å². The van der Waals surface area contributed by atoms with Crippen LogP contribution in [0.5, 0.6) is 0 Å². The highest BCUT2D eigenvalue weighted by molar-refractivity contribution is 5.84. The van der Waals surface area contributed by atoms with Gasteiger partial charge in [-0.2, -0.15) is 0 Å². The zero-order valence-corrected chi connectivity index (χ0v) is 10.3. The summed E-state index contributed by atoms with van der Waals surface area (Å²) >= 11 is 0. The molecule has 2 saturated heterocycles. The van der Waals surface area contributed by atoms with Gasteiger partial charge in [0.25, 0.3) is 0 Å². The molecule has 0 radical (unpaired) electrons. The lowest BCUT2D eigenvalue weighted by Crippen LogP contribution is -2.42. The summed E-state index contributed by atoms with van der Waals surface area (Å²) in [6.45, 7) is 2.37. The minimum atomic E-state index is -1.02. The SMILES string of the molecule is O=C(O)c1ccc(NC2CCN3CCCC3C2)o1. The summed E-state index contributed by atoms with van der Waals surface area (Å²) in [7, 11) is 0. The highest BCUT2D eigenvalue weighted by atomic mass is 16.4. The van der Waals surface area contributed by atoms with Crippen LogP contribution in [0.25, 0.3) is 0 Å². The summed E-state index contributed by atoms with van der Waals surface area (Å²) in [4.78, 5) is 13.3. The maximum atomic E-state index is 10.7. The fourth-order valence-electron chi connectivity index (χ4n) is 3.09. The molecule has 2 N–H and O–H groups in total. The molecule has 1 aromatic heterocycles. The number of anilines is 1. The number of carboxylic acids is 1. The van der Waals surface area contributed by atoms with Crippen LogP contribution in [-0.4, -0.2) is 41.1 Å². The second-order valence-electron chi connectivity index (χ2n) is 5.17. The molecule has 98 valence electrons. The highest BCUT2D eigenvalue weighted by Gasteiger charge is 2.31. The van der Waals surface area contributed by atoms with E-state index in [1.165, 1.54) is 25.5 Å². The van der Waals surface area contributed by atoms with Gasteiger partial charge in [0.2, 0.25) is 5.76 Å². The minimum Gasteiger partial charge on any atom is -0.475 e. The number of rotatable bonds is 3. The van der Waals surface area contributed by atoms with Crippen LogP contribution in [0.15, 0.2) is 16.5 Å². The summed E-state index contributed by atoms with van der Waals surface area (Å²) in [5.41, 5.74) is 0. The lowest BCUT2D eigenvalue weighted by Gasteiger charge is -2.35. The zero-order chi connectivity index (χ0) is 12.5. The van der Waals surface area contributed by atoms with Crippen LogP contribution in [0.2, 0.25) is 0 Å². The first-order chi connectivity index (χ1) is 8.72. The van der Waals surface area contributed by atoms with Crippen molar-refractivity contribution in [1.82, 2.24) is 4.90 Å². The van der Waals surface area contributed by atoms with Gasteiger partial charge >= 0.3 is 5.97 Å². The van der Waals surface area contributed by atoms with Crippen LogP contribution in [-0.2, 0) is 0 Å². The van der Waals surface area contributed by atoms with Crippen LogP contribution in [0, 0.1) is 0 Å². The van der Waals surface area contributed by atoms with Crippen molar-refractivity contribution in [2.45, 2.75) is 37.8 Å². The van der Waals surface area contributed by atoms with E-state index in [4.69, 9.17) is 9.52 Å². The number of carboxylic acid groups (broad SMARTS) is 1. The van der Waals surface area contributed by atoms with E-state index < -0.39 is 5.97 Å². The van der Waals surface area contributed by atoms with Crippen molar-refractivity contribution in [3.05, 3.63) is 17.9 Å². The van der Waals surface area contributed by atoms with Gasteiger partial charge in [0, 0.05) is 24.7 Å². The van der Waals surface area contributed by atoms with Crippen LogP contribution in [0.1, 0.15) is 36.2 Å². The zero-order valence-electron chi connectivity index (χ0n) is 10.3. The van der Waals surface area contributed by atoms with E-state index in [9.17, 15) is 4.79 Å². The van der Waals surface area contributed by atoms with Crippen molar-refractivity contribution >= 4 is 11.9 Å². The molecule has 3 heterocycles. The van der Waals surface area contributed by atoms with Crippen LogP contribution in [0.3, 0.4) is 0 Å². The predicted molar refractivity (Wildman–Crippen MR) is 66.9 cm³/mol. The fourth-order valence-corrected chi connectivity index (χ4v) is 3.09. The molecule has 0 saturated carbocycles. The van der Waals surface area contributed by atoms with E-state index in [1.54, 1.807) is 6.07 Å². The van der Waals surface area contributed by atoms with Crippen molar-refractivity contribution in [2.24, 2.45) is 0 Å². The van der Waals surface area contributed by atoms with Gasteiger partial charge in [-0.1, -0.05) is 0 Å². The van der Waals surface area contributed by atoms with Gasteiger partial charge in [0.15, 0.2) is 5.88 Å². The first-order valence-corrected chi connectivity index (χ1v) is 6.56. The second kappa shape index (κ2) is 4.65. The van der Waals surface area contributed by atoms with E-state index in [0.29, 0.717) is 18.0 Å². The Balaban J connectivity index is 1.60. The van der Waals surface area contributed by atoms with E-state index in [1.807, 2.05) is 0 Å². The molecule has 0 bridgehead atoms. The Labute approximate surface area is 106 Å². The van der Waals surface area contributed by atoms with E-state index in [0.717, 1.165) is 19.4 Å². The number of furan rings is 1. The van der Waals surface area contributed by atoms with Gasteiger partial charge in [-0.25, -0.2) is 4.79 Å². The van der Waals surface area contributed by atoms with Gasteiger partial charge in [0.1, 0.15) is 0 Å². The molecule has 2 aliphatic rings. The normalized spacial score (nSPS) is 28.0. The lowest BCUT2D eigenvalue weighted by atomic mass is 9.98. The van der Waals surface area contributed by atoms with Gasteiger partial charge in [-0.05, 0) is 38.3 Å².